The van der Waals surface area contributed by atoms with E-state index >= 15 is 0 Å². The summed E-state index contributed by atoms with van der Waals surface area (Å²) in [6.07, 6.45) is 2.83. The Morgan fingerprint density at radius 1 is 1.12 bits per heavy atom. The van der Waals surface area contributed by atoms with E-state index in [2.05, 4.69) is 19.9 Å². The first kappa shape index (κ1) is 17.3. The zero-order chi connectivity index (χ0) is 18.2. The fraction of sp³-hybridized carbons (Fsp3) is 0.190. The molecule has 1 heterocycles. The van der Waals surface area contributed by atoms with Crippen molar-refractivity contribution in [2.75, 3.05) is 11.9 Å². The Labute approximate surface area is 152 Å². The van der Waals surface area contributed by atoms with Crippen molar-refractivity contribution >= 4 is 28.8 Å². The van der Waals surface area contributed by atoms with Crippen LogP contribution in [0.25, 0.3) is 5.76 Å². The summed E-state index contributed by atoms with van der Waals surface area (Å²) < 4.78 is 0. The molecule has 0 fully saturated rings. The SMILES string of the molecule is CN1C(=CC(=O)/C=C(\O)c2ccc(Cl)cc2)C(C)(C)c2ccccc21. The van der Waals surface area contributed by atoms with E-state index in [1.54, 1.807) is 30.3 Å². The van der Waals surface area contributed by atoms with Gasteiger partial charge < -0.3 is 10.0 Å². The van der Waals surface area contributed by atoms with Crippen molar-refractivity contribution in [2.24, 2.45) is 0 Å². The number of ketones is 1. The van der Waals surface area contributed by atoms with E-state index in [1.165, 1.54) is 11.6 Å². The van der Waals surface area contributed by atoms with Crippen molar-refractivity contribution < 1.29 is 9.90 Å². The molecule has 0 unspecified atom stereocenters. The Bertz CT molecular complexity index is 879. The van der Waals surface area contributed by atoms with Gasteiger partial charge in [0.25, 0.3) is 0 Å². The van der Waals surface area contributed by atoms with Crippen LogP contribution in [0.1, 0.15) is 25.0 Å². The van der Waals surface area contributed by atoms with Gasteiger partial charge in [0.15, 0.2) is 5.78 Å². The van der Waals surface area contributed by atoms with Crippen molar-refractivity contribution in [1.29, 1.82) is 0 Å². The number of fused-ring (bicyclic) bond motifs is 1. The molecular formula is C21H20ClNO2. The molecule has 0 amide bonds. The quantitative estimate of drug-likeness (QED) is 0.615. The lowest BCUT2D eigenvalue weighted by Gasteiger charge is -2.23. The van der Waals surface area contributed by atoms with Crippen LogP contribution in [0.4, 0.5) is 5.69 Å². The molecule has 0 spiro atoms. The first-order chi connectivity index (χ1) is 11.8. The lowest BCUT2D eigenvalue weighted by molar-refractivity contribution is -0.110. The summed E-state index contributed by atoms with van der Waals surface area (Å²) in [5.41, 5.74) is 3.46. The predicted octanol–water partition coefficient (Wildman–Crippen LogP) is 5.12. The lowest BCUT2D eigenvalue weighted by Crippen LogP contribution is -2.23. The summed E-state index contributed by atoms with van der Waals surface area (Å²) in [5, 5.41) is 10.8. The molecule has 1 N–H and O–H groups in total. The summed E-state index contributed by atoms with van der Waals surface area (Å²) in [4.78, 5) is 14.5. The molecule has 128 valence electrons. The van der Waals surface area contributed by atoms with Crippen LogP contribution in [0.2, 0.25) is 5.02 Å². The summed E-state index contributed by atoms with van der Waals surface area (Å²) in [5.74, 6) is -0.329. The molecule has 1 aliphatic rings. The molecule has 0 aromatic heterocycles. The zero-order valence-electron chi connectivity index (χ0n) is 14.5. The average molecular weight is 354 g/mol. The summed E-state index contributed by atoms with van der Waals surface area (Å²) in [6.45, 7) is 4.19. The number of nitrogens with zero attached hydrogens (tertiary/aromatic N) is 1. The van der Waals surface area contributed by atoms with E-state index in [1.807, 2.05) is 30.1 Å². The largest absolute Gasteiger partial charge is 0.507 e. The highest BCUT2D eigenvalue weighted by Crippen LogP contribution is 2.46. The lowest BCUT2D eigenvalue weighted by atomic mass is 9.83. The molecule has 25 heavy (non-hydrogen) atoms. The highest BCUT2D eigenvalue weighted by molar-refractivity contribution is 6.30. The number of likely N-dealkylation sites (N-methyl/N-ethyl adjacent to an activating group) is 1. The van der Waals surface area contributed by atoms with Crippen molar-refractivity contribution in [3.63, 3.8) is 0 Å². The minimum Gasteiger partial charge on any atom is -0.507 e. The maximum atomic E-state index is 12.5. The summed E-state index contributed by atoms with van der Waals surface area (Å²) >= 11 is 5.84. The molecule has 0 saturated heterocycles. The molecule has 4 heteroatoms. The van der Waals surface area contributed by atoms with Gasteiger partial charge in [-0.25, -0.2) is 0 Å². The van der Waals surface area contributed by atoms with Crippen molar-refractivity contribution in [2.45, 2.75) is 19.3 Å². The molecule has 0 aliphatic carbocycles. The number of benzene rings is 2. The highest BCUT2D eigenvalue weighted by atomic mass is 35.5. The normalized spacial score (nSPS) is 17.7. The third-order valence-corrected chi connectivity index (χ3v) is 4.89. The van der Waals surface area contributed by atoms with Crippen LogP contribution in [-0.2, 0) is 10.2 Å². The van der Waals surface area contributed by atoms with E-state index in [0.717, 1.165) is 11.4 Å². The first-order valence-corrected chi connectivity index (χ1v) is 8.44. The molecule has 0 bridgehead atoms. The van der Waals surface area contributed by atoms with E-state index < -0.39 is 0 Å². The second kappa shape index (κ2) is 6.41. The monoisotopic (exact) mass is 353 g/mol. The average Bonchev–Trinajstić information content (AvgIpc) is 2.77. The minimum atomic E-state index is -0.273. The van der Waals surface area contributed by atoms with Crippen LogP contribution in [0.15, 0.2) is 66.4 Å². The van der Waals surface area contributed by atoms with Crippen LogP contribution in [0, 0.1) is 0 Å². The number of aliphatic hydroxyl groups excluding tert-OH is 1. The number of halogens is 1. The Morgan fingerprint density at radius 3 is 2.40 bits per heavy atom. The molecule has 3 rings (SSSR count). The molecular weight excluding hydrogens is 334 g/mol. The number of anilines is 1. The Balaban J connectivity index is 1.91. The molecule has 2 aromatic rings. The Kier molecular flexibility index (Phi) is 4.44. The molecule has 1 aliphatic heterocycles. The van der Waals surface area contributed by atoms with Crippen LogP contribution in [0.3, 0.4) is 0 Å². The van der Waals surface area contributed by atoms with Crippen molar-refractivity contribution in [1.82, 2.24) is 0 Å². The topological polar surface area (TPSA) is 40.5 Å². The fourth-order valence-electron chi connectivity index (χ4n) is 3.27. The fourth-order valence-corrected chi connectivity index (χ4v) is 3.40. The molecule has 0 radical (unpaired) electrons. The number of allylic oxidation sites excluding steroid dienone is 3. The van der Waals surface area contributed by atoms with E-state index in [-0.39, 0.29) is 17.0 Å². The Hall–Kier alpha value is -2.52. The van der Waals surface area contributed by atoms with Gasteiger partial charge in [-0.2, -0.15) is 0 Å². The van der Waals surface area contributed by atoms with Gasteiger partial charge in [-0.3, -0.25) is 4.79 Å². The molecule has 0 atom stereocenters. The van der Waals surface area contributed by atoms with Crippen LogP contribution >= 0.6 is 11.6 Å². The molecule has 3 nitrogen and oxygen atoms in total. The molecule has 2 aromatic carbocycles. The minimum absolute atomic E-state index is 0.0745. The van der Waals surface area contributed by atoms with E-state index in [0.29, 0.717) is 10.6 Å². The number of carbonyl (C=O) groups is 1. The predicted molar refractivity (Wildman–Crippen MR) is 103 cm³/mol. The highest BCUT2D eigenvalue weighted by Gasteiger charge is 2.38. The van der Waals surface area contributed by atoms with E-state index in [9.17, 15) is 9.90 Å². The first-order valence-electron chi connectivity index (χ1n) is 8.06. The number of aliphatic hydroxyl groups is 1. The maximum Gasteiger partial charge on any atom is 0.184 e. The van der Waals surface area contributed by atoms with E-state index in [4.69, 9.17) is 11.6 Å². The van der Waals surface area contributed by atoms with Gasteiger partial charge in [0.1, 0.15) is 5.76 Å². The van der Waals surface area contributed by atoms with Crippen molar-refractivity contribution in [3.05, 3.63) is 82.5 Å². The Morgan fingerprint density at radius 2 is 1.76 bits per heavy atom. The number of hydrogen-bond donors (Lipinski definition) is 1. The molecule has 0 saturated carbocycles. The second-order valence-electron chi connectivity index (χ2n) is 6.67. The number of hydrogen-bond acceptors (Lipinski definition) is 3. The third kappa shape index (κ3) is 3.20. The van der Waals surface area contributed by atoms with Crippen LogP contribution in [0.5, 0.6) is 0 Å². The smallest absolute Gasteiger partial charge is 0.184 e. The number of rotatable bonds is 3. The zero-order valence-corrected chi connectivity index (χ0v) is 15.2. The standard InChI is InChI=1S/C21H20ClNO2/c1-21(2)17-6-4-5-7-18(17)23(3)20(21)13-16(24)12-19(25)14-8-10-15(22)11-9-14/h4-13,25H,1-3H3/b19-12-,20-13?. The maximum absolute atomic E-state index is 12.5. The number of para-hydroxylation sites is 1. The van der Waals surface area contributed by atoms with Gasteiger partial charge in [0, 0.05) is 46.6 Å². The van der Waals surface area contributed by atoms with Crippen molar-refractivity contribution in [3.8, 4) is 0 Å². The van der Waals surface area contributed by atoms with Gasteiger partial charge in [-0.15, -0.1) is 0 Å². The van der Waals surface area contributed by atoms with Crippen LogP contribution < -0.4 is 4.90 Å². The van der Waals surface area contributed by atoms with Gasteiger partial charge in [-0.1, -0.05) is 43.6 Å². The second-order valence-corrected chi connectivity index (χ2v) is 7.11. The van der Waals surface area contributed by atoms with Gasteiger partial charge >= 0.3 is 0 Å². The third-order valence-electron chi connectivity index (χ3n) is 4.64. The van der Waals surface area contributed by atoms with Gasteiger partial charge in [-0.05, 0) is 35.9 Å². The summed E-state index contributed by atoms with van der Waals surface area (Å²) in [7, 11) is 1.95. The van der Waals surface area contributed by atoms with Crippen LogP contribution in [-0.4, -0.2) is 17.9 Å². The summed E-state index contributed by atoms with van der Waals surface area (Å²) in [6, 6.07) is 14.8. The van der Waals surface area contributed by atoms with Gasteiger partial charge in [0.2, 0.25) is 0 Å². The number of carbonyl (C=O) groups excluding carboxylic acids is 1. The van der Waals surface area contributed by atoms with Gasteiger partial charge in [0.05, 0.1) is 0 Å².